The van der Waals surface area contributed by atoms with Crippen molar-refractivity contribution >= 4 is 0 Å². The van der Waals surface area contributed by atoms with E-state index in [1.54, 1.807) is 0 Å². The van der Waals surface area contributed by atoms with E-state index >= 15 is 0 Å². The third-order valence-corrected chi connectivity index (χ3v) is 4.30. The smallest absolute Gasteiger partial charge is 0.0877 e. The van der Waals surface area contributed by atoms with Gasteiger partial charge in [0.15, 0.2) is 0 Å². The van der Waals surface area contributed by atoms with E-state index in [1.165, 1.54) is 5.56 Å². The predicted octanol–water partition coefficient (Wildman–Crippen LogP) is 2.79. The van der Waals surface area contributed by atoms with Crippen LogP contribution in [-0.4, -0.2) is 38.5 Å². The first kappa shape index (κ1) is 15.5. The summed E-state index contributed by atoms with van der Waals surface area (Å²) in [6.07, 6.45) is 4.09. The average molecular weight is 277 g/mol. The zero-order valence-electron chi connectivity index (χ0n) is 12.7. The largest absolute Gasteiger partial charge is 0.381 e. The first-order valence-corrected chi connectivity index (χ1v) is 7.71. The van der Waals surface area contributed by atoms with Crippen LogP contribution in [0.4, 0.5) is 0 Å². The molecule has 1 aliphatic heterocycles. The molecule has 1 N–H and O–H groups in total. The lowest BCUT2D eigenvalue weighted by molar-refractivity contribution is -0.110. The zero-order chi connectivity index (χ0) is 14.3. The van der Waals surface area contributed by atoms with Gasteiger partial charge in [0.25, 0.3) is 0 Å². The van der Waals surface area contributed by atoms with Crippen molar-refractivity contribution in [3.05, 3.63) is 35.9 Å². The van der Waals surface area contributed by atoms with Crippen LogP contribution < -0.4 is 5.32 Å². The van der Waals surface area contributed by atoms with E-state index in [-0.39, 0.29) is 5.60 Å². The summed E-state index contributed by atoms with van der Waals surface area (Å²) >= 11 is 0. The van der Waals surface area contributed by atoms with Crippen LogP contribution in [0.15, 0.2) is 30.3 Å². The fourth-order valence-electron chi connectivity index (χ4n) is 3.02. The fourth-order valence-corrected chi connectivity index (χ4v) is 3.02. The first-order valence-electron chi connectivity index (χ1n) is 7.71. The summed E-state index contributed by atoms with van der Waals surface area (Å²) in [4.78, 5) is 0. The number of hydrogen-bond acceptors (Lipinski definition) is 3. The summed E-state index contributed by atoms with van der Waals surface area (Å²) in [5.41, 5.74) is 1.27. The van der Waals surface area contributed by atoms with Gasteiger partial charge in [0.1, 0.15) is 0 Å². The molecule has 2 rings (SSSR count). The molecule has 1 saturated heterocycles. The molecule has 0 saturated carbocycles. The Labute approximate surface area is 122 Å². The molecule has 1 atom stereocenters. The SMILES string of the molecule is CCCNC(Cc1ccccc1)C1(OC)CCOCC1. The van der Waals surface area contributed by atoms with Gasteiger partial charge in [-0.2, -0.15) is 0 Å². The van der Waals surface area contributed by atoms with E-state index in [4.69, 9.17) is 9.47 Å². The van der Waals surface area contributed by atoms with E-state index in [2.05, 4.69) is 42.6 Å². The van der Waals surface area contributed by atoms with Gasteiger partial charge in [-0.05, 0) is 24.9 Å². The van der Waals surface area contributed by atoms with Crippen LogP contribution in [0.25, 0.3) is 0 Å². The van der Waals surface area contributed by atoms with Crippen molar-refractivity contribution < 1.29 is 9.47 Å². The summed E-state index contributed by atoms with van der Waals surface area (Å²) in [7, 11) is 1.84. The molecule has 20 heavy (non-hydrogen) atoms. The zero-order valence-corrected chi connectivity index (χ0v) is 12.7. The Hall–Kier alpha value is -0.900. The Kier molecular flexibility index (Phi) is 6.02. The summed E-state index contributed by atoms with van der Waals surface area (Å²) in [6, 6.07) is 11.0. The minimum atomic E-state index is -0.0940. The molecule has 0 aliphatic carbocycles. The molecule has 0 bridgehead atoms. The van der Waals surface area contributed by atoms with E-state index in [0.29, 0.717) is 6.04 Å². The van der Waals surface area contributed by atoms with Crippen molar-refractivity contribution in [3.8, 4) is 0 Å². The number of nitrogens with one attached hydrogen (secondary N) is 1. The lowest BCUT2D eigenvalue weighted by Gasteiger charge is -2.43. The molecule has 0 amide bonds. The monoisotopic (exact) mass is 277 g/mol. The third kappa shape index (κ3) is 3.81. The van der Waals surface area contributed by atoms with Crippen molar-refractivity contribution in [2.45, 2.75) is 44.2 Å². The van der Waals surface area contributed by atoms with Crippen LogP contribution in [0, 0.1) is 0 Å². The predicted molar refractivity (Wildman–Crippen MR) is 82.0 cm³/mol. The van der Waals surface area contributed by atoms with Crippen molar-refractivity contribution in [1.82, 2.24) is 5.32 Å². The van der Waals surface area contributed by atoms with Gasteiger partial charge in [-0.3, -0.25) is 0 Å². The normalized spacial score (nSPS) is 19.7. The number of methoxy groups -OCH3 is 1. The highest BCUT2D eigenvalue weighted by atomic mass is 16.5. The molecule has 1 unspecified atom stereocenters. The van der Waals surface area contributed by atoms with Crippen LogP contribution in [0.5, 0.6) is 0 Å². The lowest BCUT2D eigenvalue weighted by Crippen LogP contribution is -2.56. The van der Waals surface area contributed by atoms with Gasteiger partial charge in [0, 0.05) is 39.2 Å². The van der Waals surface area contributed by atoms with E-state index in [0.717, 1.165) is 45.4 Å². The second kappa shape index (κ2) is 7.77. The first-order chi connectivity index (χ1) is 9.80. The van der Waals surface area contributed by atoms with Gasteiger partial charge in [0.2, 0.25) is 0 Å². The molecule has 1 fully saturated rings. The van der Waals surface area contributed by atoms with Gasteiger partial charge in [0.05, 0.1) is 5.60 Å². The Morgan fingerprint density at radius 1 is 1.25 bits per heavy atom. The van der Waals surface area contributed by atoms with Gasteiger partial charge >= 0.3 is 0 Å². The summed E-state index contributed by atoms with van der Waals surface area (Å²) in [5, 5.41) is 3.70. The average Bonchev–Trinajstić information content (AvgIpc) is 2.53. The van der Waals surface area contributed by atoms with E-state index in [9.17, 15) is 0 Å². The van der Waals surface area contributed by atoms with Crippen LogP contribution >= 0.6 is 0 Å². The van der Waals surface area contributed by atoms with Gasteiger partial charge in [-0.1, -0.05) is 37.3 Å². The Balaban J connectivity index is 2.12. The fraction of sp³-hybridized carbons (Fsp3) is 0.647. The number of hydrogen-bond donors (Lipinski definition) is 1. The molecule has 1 heterocycles. The molecule has 0 aromatic heterocycles. The van der Waals surface area contributed by atoms with Crippen LogP contribution in [0.3, 0.4) is 0 Å². The van der Waals surface area contributed by atoms with Crippen molar-refractivity contribution in [3.63, 3.8) is 0 Å². The highest BCUT2D eigenvalue weighted by Gasteiger charge is 2.40. The van der Waals surface area contributed by atoms with Crippen molar-refractivity contribution in [2.75, 3.05) is 26.9 Å². The topological polar surface area (TPSA) is 30.5 Å². The van der Waals surface area contributed by atoms with Crippen LogP contribution in [0.1, 0.15) is 31.7 Å². The van der Waals surface area contributed by atoms with Crippen LogP contribution in [0.2, 0.25) is 0 Å². The number of rotatable bonds is 7. The molecule has 3 heteroatoms. The van der Waals surface area contributed by atoms with Gasteiger partial charge in [-0.15, -0.1) is 0 Å². The number of ether oxygens (including phenoxy) is 2. The maximum atomic E-state index is 5.97. The van der Waals surface area contributed by atoms with Gasteiger partial charge in [-0.25, -0.2) is 0 Å². The molecule has 0 radical (unpaired) electrons. The highest BCUT2D eigenvalue weighted by molar-refractivity contribution is 5.17. The maximum absolute atomic E-state index is 5.97. The van der Waals surface area contributed by atoms with E-state index in [1.807, 2.05) is 7.11 Å². The maximum Gasteiger partial charge on any atom is 0.0877 e. The Morgan fingerprint density at radius 2 is 1.95 bits per heavy atom. The second-order valence-corrected chi connectivity index (χ2v) is 5.58. The van der Waals surface area contributed by atoms with Gasteiger partial charge < -0.3 is 14.8 Å². The van der Waals surface area contributed by atoms with Crippen LogP contribution in [-0.2, 0) is 15.9 Å². The summed E-state index contributed by atoms with van der Waals surface area (Å²) in [5.74, 6) is 0. The molecular weight excluding hydrogens is 250 g/mol. The highest BCUT2D eigenvalue weighted by Crippen LogP contribution is 2.30. The Morgan fingerprint density at radius 3 is 2.55 bits per heavy atom. The standard InChI is InChI=1S/C17H27NO2/c1-3-11-18-16(14-15-7-5-4-6-8-15)17(19-2)9-12-20-13-10-17/h4-8,16,18H,3,9-14H2,1-2H3. The molecule has 3 nitrogen and oxygen atoms in total. The quantitative estimate of drug-likeness (QED) is 0.831. The summed E-state index contributed by atoms with van der Waals surface area (Å²) in [6.45, 7) is 4.83. The van der Waals surface area contributed by atoms with Crippen molar-refractivity contribution in [2.24, 2.45) is 0 Å². The lowest BCUT2D eigenvalue weighted by atomic mass is 9.82. The molecule has 1 aliphatic rings. The Bertz CT molecular complexity index is 374. The molecular formula is C17H27NO2. The van der Waals surface area contributed by atoms with Crippen molar-refractivity contribution in [1.29, 1.82) is 0 Å². The molecule has 112 valence electrons. The third-order valence-electron chi connectivity index (χ3n) is 4.30. The summed E-state index contributed by atoms with van der Waals surface area (Å²) < 4.78 is 11.5. The van der Waals surface area contributed by atoms with E-state index < -0.39 is 0 Å². The molecule has 0 spiro atoms. The molecule has 1 aromatic carbocycles. The minimum Gasteiger partial charge on any atom is -0.381 e. The molecule has 1 aromatic rings. The minimum absolute atomic E-state index is 0.0940. The second-order valence-electron chi connectivity index (χ2n) is 5.58. The number of benzene rings is 1.